The average Bonchev–Trinajstić information content (AvgIpc) is 2.81. The smallest absolute Gasteiger partial charge is 0.161 e. The molecule has 0 spiro atoms. The minimum Gasteiger partial charge on any atom is -0.232 e. The van der Waals surface area contributed by atoms with Crippen molar-refractivity contribution < 1.29 is 0 Å². The van der Waals surface area contributed by atoms with Gasteiger partial charge in [-0.3, -0.25) is 0 Å². The van der Waals surface area contributed by atoms with Crippen LogP contribution in [0.5, 0.6) is 0 Å². The number of nitrogens with zero attached hydrogens (tertiary/aromatic N) is 2. The van der Waals surface area contributed by atoms with Crippen LogP contribution in [0.2, 0.25) is 5.15 Å². The van der Waals surface area contributed by atoms with Crippen LogP contribution < -0.4 is 0 Å². The highest BCUT2D eigenvalue weighted by molar-refractivity contribution is 9.10. The Hall–Kier alpha value is -0.580. The average molecular weight is 342 g/mol. The van der Waals surface area contributed by atoms with Gasteiger partial charge in [-0.2, -0.15) is 11.8 Å². The molecule has 0 N–H and O–H groups in total. The molecule has 0 amide bonds. The van der Waals surface area contributed by atoms with Crippen LogP contribution >= 0.6 is 39.3 Å². The van der Waals surface area contributed by atoms with E-state index in [1.54, 1.807) is 0 Å². The monoisotopic (exact) mass is 340 g/mol. The molecule has 0 saturated carbocycles. The molecule has 0 fully saturated rings. The number of aromatic nitrogens is 2. The van der Waals surface area contributed by atoms with Crippen molar-refractivity contribution in [3.05, 3.63) is 44.6 Å². The van der Waals surface area contributed by atoms with E-state index in [-0.39, 0.29) is 0 Å². The summed E-state index contributed by atoms with van der Waals surface area (Å²) in [5.41, 5.74) is 4.36. The molecule has 92 valence electrons. The number of thioether (sulfide) groups is 1. The Morgan fingerprint density at radius 1 is 1.28 bits per heavy atom. The van der Waals surface area contributed by atoms with Gasteiger partial charge < -0.3 is 0 Å². The van der Waals surface area contributed by atoms with Crippen molar-refractivity contribution in [1.29, 1.82) is 0 Å². The van der Waals surface area contributed by atoms with Crippen molar-refractivity contribution in [2.24, 2.45) is 0 Å². The Balaban J connectivity index is 2.12. The van der Waals surface area contributed by atoms with E-state index in [1.165, 1.54) is 5.56 Å². The Morgan fingerprint density at radius 3 is 2.89 bits per heavy atom. The third-order valence-corrected chi connectivity index (χ3v) is 5.09. The van der Waals surface area contributed by atoms with Gasteiger partial charge in [0, 0.05) is 27.1 Å². The summed E-state index contributed by atoms with van der Waals surface area (Å²) in [6, 6.07) is 6.12. The van der Waals surface area contributed by atoms with Crippen LogP contribution in [-0.4, -0.2) is 9.97 Å². The number of benzene rings is 1. The third kappa shape index (κ3) is 2.17. The molecule has 1 aliphatic rings. The number of aryl methyl sites for hydroxylation is 1. The SMILES string of the molecule is Cc1ccc(-c2nc(Cl)c3c(n2)CSC3)cc1Br. The first-order valence-electron chi connectivity index (χ1n) is 5.54. The largest absolute Gasteiger partial charge is 0.232 e. The van der Waals surface area contributed by atoms with Gasteiger partial charge in [-0.1, -0.05) is 39.7 Å². The normalized spacial score (nSPS) is 13.7. The van der Waals surface area contributed by atoms with E-state index in [2.05, 4.69) is 38.9 Å². The number of hydrogen-bond donors (Lipinski definition) is 0. The highest BCUT2D eigenvalue weighted by Gasteiger charge is 2.19. The molecule has 0 bridgehead atoms. The van der Waals surface area contributed by atoms with Crippen molar-refractivity contribution >= 4 is 39.3 Å². The topological polar surface area (TPSA) is 25.8 Å². The van der Waals surface area contributed by atoms with Crippen LogP contribution in [0, 0.1) is 6.92 Å². The minimum atomic E-state index is 0.594. The molecule has 0 saturated heterocycles. The fourth-order valence-electron chi connectivity index (χ4n) is 1.87. The van der Waals surface area contributed by atoms with Gasteiger partial charge in [-0.15, -0.1) is 0 Å². The second kappa shape index (κ2) is 4.83. The number of hydrogen-bond acceptors (Lipinski definition) is 3. The Kier molecular flexibility index (Phi) is 3.34. The first-order chi connectivity index (χ1) is 8.65. The van der Waals surface area contributed by atoms with Gasteiger partial charge >= 0.3 is 0 Å². The van der Waals surface area contributed by atoms with E-state index in [1.807, 2.05) is 23.9 Å². The van der Waals surface area contributed by atoms with Crippen molar-refractivity contribution in [1.82, 2.24) is 9.97 Å². The van der Waals surface area contributed by atoms with E-state index in [0.29, 0.717) is 11.0 Å². The summed E-state index contributed by atoms with van der Waals surface area (Å²) in [7, 11) is 0. The molecule has 0 unspecified atom stereocenters. The Bertz CT molecular complexity index is 631. The van der Waals surface area contributed by atoms with Crippen molar-refractivity contribution in [3.63, 3.8) is 0 Å². The second-order valence-corrected chi connectivity index (χ2v) is 6.42. The maximum atomic E-state index is 6.22. The van der Waals surface area contributed by atoms with Gasteiger partial charge in [0.25, 0.3) is 0 Å². The minimum absolute atomic E-state index is 0.594. The van der Waals surface area contributed by atoms with Crippen LogP contribution in [-0.2, 0) is 11.5 Å². The van der Waals surface area contributed by atoms with Crippen LogP contribution in [0.25, 0.3) is 11.4 Å². The van der Waals surface area contributed by atoms with Gasteiger partial charge in [-0.25, -0.2) is 9.97 Å². The lowest BCUT2D eigenvalue weighted by atomic mass is 10.1. The molecule has 1 aliphatic heterocycles. The Morgan fingerprint density at radius 2 is 2.11 bits per heavy atom. The van der Waals surface area contributed by atoms with Crippen LogP contribution in [0.4, 0.5) is 0 Å². The molecule has 1 aromatic heterocycles. The first-order valence-corrected chi connectivity index (χ1v) is 7.87. The predicted octanol–water partition coefficient (Wildman–Crippen LogP) is 4.61. The second-order valence-electron chi connectivity index (χ2n) is 4.22. The van der Waals surface area contributed by atoms with Gasteiger partial charge in [0.15, 0.2) is 5.82 Å². The van der Waals surface area contributed by atoms with Gasteiger partial charge in [0.1, 0.15) is 5.15 Å². The molecule has 0 atom stereocenters. The standard InChI is InChI=1S/C13H10BrClN2S/c1-7-2-3-8(4-10(7)14)13-16-11-6-18-5-9(11)12(15)17-13/h2-4H,5-6H2,1H3. The van der Waals surface area contributed by atoms with E-state index >= 15 is 0 Å². The molecular formula is C13H10BrClN2S. The molecule has 2 aromatic rings. The summed E-state index contributed by atoms with van der Waals surface area (Å²) >= 11 is 11.6. The maximum absolute atomic E-state index is 6.22. The van der Waals surface area contributed by atoms with Crippen LogP contribution in [0.3, 0.4) is 0 Å². The summed E-state index contributed by atoms with van der Waals surface area (Å²) in [4.78, 5) is 9.02. The van der Waals surface area contributed by atoms with Crippen molar-refractivity contribution in [2.75, 3.05) is 0 Å². The molecular weight excluding hydrogens is 332 g/mol. The number of fused-ring (bicyclic) bond motifs is 1. The van der Waals surface area contributed by atoms with Gasteiger partial charge in [0.05, 0.1) is 5.69 Å². The summed E-state index contributed by atoms with van der Waals surface area (Å²) in [6.07, 6.45) is 0. The molecule has 0 aliphatic carbocycles. The number of halogens is 2. The predicted molar refractivity (Wildman–Crippen MR) is 79.9 cm³/mol. The maximum Gasteiger partial charge on any atom is 0.161 e. The fourth-order valence-corrected chi connectivity index (χ4v) is 3.63. The van der Waals surface area contributed by atoms with Crippen molar-refractivity contribution in [3.8, 4) is 11.4 Å². The summed E-state index contributed by atoms with van der Waals surface area (Å²) < 4.78 is 1.06. The molecule has 3 rings (SSSR count). The van der Waals surface area contributed by atoms with Crippen molar-refractivity contribution in [2.45, 2.75) is 18.4 Å². The molecule has 1 aromatic carbocycles. The number of rotatable bonds is 1. The summed E-state index contributed by atoms with van der Waals surface area (Å²) in [5, 5.41) is 0.594. The molecule has 5 heteroatoms. The summed E-state index contributed by atoms with van der Waals surface area (Å²) in [6.45, 7) is 2.06. The zero-order chi connectivity index (χ0) is 12.7. The van der Waals surface area contributed by atoms with Crippen LogP contribution in [0.1, 0.15) is 16.8 Å². The van der Waals surface area contributed by atoms with Gasteiger partial charge in [0.2, 0.25) is 0 Å². The summed E-state index contributed by atoms with van der Waals surface area (Å²) in [5.74, 6) is 2.56. The van der Waals surface area contributed by atoms with E-state index in [4.69, 9.17) is 11.6 Å². The zero-order valence-corrected chi connectivity index (χ0v) is 12.9. The zero-order valence-electron chi connectivity index (χ0n) is 9.70. The molecule has 18 heavy (non-hydrogen) atoms. The lowest BCUT2D eigenvalue weighted by Crippen LogP contribution is -1.97. The highest BCUT2D eigenvalue weighted by Crippen LogP contribution is 2.34. The molecule has 2 nitrogen and oxygen atoms in total. The lowest BCUT2D eigenvalue weighted by Gasteiger charge is -2.06. The van der Waals surface area contributed by atoms with Crippen LogP contribution in [0.15, 0.2) is 22.7 Å². The van der Waals surface area contributed by atoms with E-state index < -0.39 is 0 Å². The lowest BCUT2D eigenvalue weighted by molar-refractivity contribution is 1.07. The highest BCUT2D eigenvalue weighted by atomic mass is 79.9. The first kappa shape index (κ1) is 12.5. The quantitative estimate of drug-likeness (QED) is 0.708. The van der Waals surface area contributed by atoms with E-state index in [9.17, 15) is 0 Å². The molecule has 0 radical (unpaired) electrons. The Labute approximate surface area is 123 Å². The van der Waals surface area contributed by atoms with E-state index in [0.717, 1.165) is 32.8 Å². The third-order valence-electron chi connectivity index (χ3n) is 2.96. The molecule has 2 heterocycles. The fraction of sp³-hybridized carbons (Fsp3) is 0.231. The van der Waals surface area contributed by atoms with Gasteiger partial charge in [-0.05, 0) is 18.6 Å².